The summed E-state index contributed by atoms with van der Waals surface area (Å²) in [5, 5.41) is 8.09. The van der Waals surface area contributed by atoms with Gasteiger partial charge in [-0.25, -0.2) is 4.98 Å². The van der Waals surface area contributed by atoms with E-state index in [0.29, 0.717) is 27.1 Å². The molecule has 0 bridgehead atoms. The number of alkyl halides is 3. The summed E-state index contributed by atoms with van der Waals surface area (Å²) in [6.45, 7) is 0. The molecular weight excluding hydrogens is 534 g/mol. The number of aromatic nitrogens is 2. The average molecular weight is 550 g/mol. The largest absolute Gasteiger partial charge is 0.573 e. The van der Waals surface area contributed by atoms with Crippen molar-refractivity contribution in [1.29, 1.82) is 0 Å². The molecule has 0 unspecified atom stereocenters. The number of rotatable bonds is 6. The standard InChI is InChI=1S/C24H16Cl2F3N5OS/c25-19-2-1-3-20(26)22(19)32-23(36)33-31-12-15-4-6-16(7-5-15)21-13-34(14-30-21)17-8-10-18(11-9-17)35-24(27,28)29/h1-14H,(H2,32,33,36)/b31-12-. The Bertz CT molecular complexity index is 1370. The van der Waals surface area contributed by atoms with Crippen molar-refractivity contribution >= 4 is 52.4 Å². The van der Waals surface area contributed by atoms with Crippen LogP contribution in [0.1, 0.15) is 5.56 Å². The van der Waals surface area contributed by atoms with Crippen LogP contribution in [-0.2, 0) is 0 Å². The van der Waals surface area contributed by atoms with E-state index in [2.05, 4.69) is 25.6 Å². The van der Waals surface area contributed by atoms with Crippen LogP contribution in [0.3, 0.4) is 0 Å². The van der Waals surface area contributed by atoms with Gasteiger partial charge in [-0.15, -0.1) is 13.2 Å². The van der Waals surface area contributed by atoms with Crippen molar-refractivity contribution < 1.29 is 17.9 Å². The zero-order valence-electron chi connectivity index (χ0n) is 18.1. The van der Waals surface area contributed by atoms with Crippen LogP contribution in [0, 0.1) is 0 Å². The molecule has 1 aromatic heterocycles. The average Bonchev–Trinajstić information content (AvgIpc) is 3.32. The molecule has 4 rings (SSSR count). The fraction of sp³-hybridized carbons (Fsp3) is 0.0417. The minimum absolute atomic E-state index is 0.224. The molecule has 0 saturated heterocycles. The van der Waals surface area contributed by atoms with Crippen LogP contribution in [0.2, 0.25) is 10.0 Å². The Balaban J connectivity index is 1.36. The third-order valence-electron chi connectivity index (χ3n) is 4.74. The van der Waals surface area contributed by atoms with Gasteiger partial charge in [0, 0.05) is 17.4 Å². The predicted molar refractivity (Wildman–Crippen MR) is 139 cm³/mol. The number of nitrogens with one attached hydrogen (secondary N) is 2. The van der Waals surface area contributed by atoms with Crippen LogP contribution in [0.25, 0.3) is 16.9 Å². The number of nitrogens with zero attached hydrogens (tertiary/aromatic N) is 3. The molecule has 0 aliphatic heterocycles. The van der Waals surface area contributed by atoms with Crippen LogP contribution in [0.15, 0.2) is 84.4 Å². The summed E-state index contributed by atoms with van der Waals surface area (Å²) in [4.78, 5) is 4.37. The fourth-order valence-electron chi connectivity index (χ4n) is 3.10. The zero-order chi connectivity index (χ0) is 25.7. The van der Waals surface area contributed by atoms with E-state index in [0.717, 1.165) is 11.1 Å². The summed E-state index contributed by atoms with van der Waals surface area (Å²) in [5.41, 5.74) is 6.18. The maximum atomic E-state index is 12.3. The first-order chi connectivity index (χ1) is 17.2. The van der Waals surface area contributed by atoms with Gasteiger partial charge in [0.1, 0.15) is 5.75 Å². The lowest BCUT2D eigenvalue weighted by atomic mass is 10.1. The van der Waals surface area contributed by atoms with Crippen molar-refractivity contribution in [2.75, 3.05) is 5.32 Å². The van der Waals surface area contributed by atoms with Crippen molar-refractivity contribution in [3.05, 3.63) is 94.9 Å². The number of hydrogen-bond acceptors (Lipinski definition) is 4. The summed E-state index contributed by atoms with van der Waals surface area (Å²) < 4.78 is 42.6. The topological polar surface area (TPSA) is 63.5 Å². The monoisotopic (exact) mass is 549 g/mol. The van der Waals surface area contributed by atoms with Gasteiger partial charge in [0.05, 0.1) is 34.0 Å². The highest BCUT2D eigenvalue weighted by Crippen LogP contribution is 2.29. The van der Waals surface area contributed by atoms with E-state index in [-0.39, 0.29) is 10.9 Å². The van der Waals surface area contributed by atoms with E-state index in [1.807, 2.05) is 24.3 Å². The second-order valence-electron chi connectivity index (χ2n) is 7.25. The first-order valence-electron chi connectivity index (χ1n) is 10.2. The second kappa shape index (κ2) is 11.0. The molecule has 0 aliphatic carbocycles. The molecule has 0 aliphatic rings. The Morgan fingerprint density at radius 1 is 1.00 bits per heavy atom. The van der Waals surface area contributed by atoms with Gasteiger partial charge in [-0.2, -0.15) is 5.10 Å². The molecule has 4 aromatic rings. The third kappa shape index (κ3) is 6.75. The van der Waals surface area contributed by atoms with Gasteiger partial charge in [0.2, 0.25) is 0 Å². The molecule has 0 spiro atoms. The van der Waals surface area contributed by atoms with Crippen molar-refractivity contribution in [1.82, 2.24) is 15.0 Å². The molecule has 0 radical (unpaired) electrons. The highest BCUT2D eigenvalue weighted by atomic mass is 35.5. The van der Waals surface area contributed by atoms with Gasteiger partial charge < -0.3 is 14.6 Å². The van der Waals surface area contributed by atoms with Crippen molar-refractivity contribution in [3.63, 3.8) is 0 Å². The number of imidazole rings is 1. The van der Waals surface area contributed by atoms with Crippen LogP contribution in [-0.4, -0.2) is 27.2 Å². The quantitative estimate of drug-likeness (QED) is 0.153. The molecule has 36 heavy (non-hydrogen) atoms. The molecular formula is C24H16Cl2F3N5OS. The van der Waals surface area contributed by atoms with Crippen LogP contribution in [0.5, 0.6) is 5.75 Å². The van der Waals surface area contributed by atoms with E-state index in [1.165, 1.54) is 24.3 Å². The normalized spacial score (nSPS) is 11.5. The molecule has 6 nitrogen and oxygen atoms in total. The number of benzene rings is 3. The predicted octanol–water partition coefficient (Wildman–Crippen LogP) is 7.07. The molecule has 0 amide bonds. The molecule has 0 atom stereocenters. The number of para-hydroxylation sites is 1. The second-order valence-corrected chi connectivity index (χ2v) is 8.47. The summed E-state index contributed by atoms with van der Waals surface area (Å²) in [5.74, 6) is -0.289. The summed E-state index contributed by atoms with van der Waals surface area (Å²) in [7, 11) is 0. The lowest BCUT2D eigenvalue weighted by molar-refractivity contribution is -0.274. The summed E-state index contributed by atoms with van der Waals surface area (Å²) >= 11 is 17.4. The van der Waals surface area contributed by atoms with Crippen molar-refractivity contribution in [2.24, 2.45) is 5.10 Å². The number of hydrazone groups is 1. The highest BCUT2D eigenvalue weighted by Gasteiger charge is 2.30. The molecule has 12 heteroatoms. The Kier molecular flexibility index (Phi) is 7.78. The van der Waals surface area contributed by atoms with E-state index < -0.39 is 6.36 Å². The van der Waals surface area contributed by atoms with Crippen molar-refractivity contribution in [3.8, 4) is 22.7 Å². The van der Waals surface area contributed by atoms with Gasteiger partial charge >= 0.3 is 6.36 Å². The maximum Gasteiger partial charge on any atom is 0.573 e. The lowest BCUT2D eigenvalue weighted by Crippen LogP contribution is -2.24. The highest BCUT2D eigenvalue weighted by molar-refractivity contribution is 7.80. The van der Waals surface area contributed by atoms with Gasteiger partial charge in [-0.1, -0.05) is 53.5 Å². The first-order valence-corrected chi connectivity index (χ1v) is 11.4. The smallest absolute Gasteiger partial charge is 0.406 e. The summed E-state index contributed by atoms with van der Waals surface area (Å²) in [6.07, 6.45) is 0.209. The Labute approximate surface area is 219 Å². The fourth-order valence-corrected chi connectivity index (χ4v) is 3.74. The van der Waals surface area contributed by atoms with Gasteiger partial charge in [-0.3, -0.25) is 5.43 Å². The number of thiocarbonyl (C=S) groups is 1. The van der Waals surface area contributed by atoms with Gasteiger partial charge in [0.25, 0.3) is 0 Å². The molecule has 2 N–H and O–H groups in total. The Morgan fingerprint density at radius 2 is 1.67 bits per heavy atom. The SMILES string of the molecule is FC(F)(F)Oc1ccc(-n2cnc(-c3ccc(/C=N\NC(=S)Nc4c(Cl)cccc4Cl)cc3)c2)cc1. The lowest BCUT2D eigenvalue weighted by Gasteiger charge is -2.10. The molecule has 0 fully saturated rings. The van der Waals surface area contributed by atoms with E-state index in [9.17, 15) is 13.2 Å². The molecule has 0 saturated carbocycles. The molecule has 3 aromatic carbocycles. The number of hydrogen-bond donors (Lipinski definition) is 2. The first kappa shape index (κ1) is 25.5. The minimum Gasteiger partial charge on any atom is -0.406 e. The van der Waals surface area contributed by atoms with Crippen LogP contribution >= 0.6 is 35.4 Å². The maximum absolute atomic E-state index is 12.3. The van der Waals surface area contributed by atoms with E-state index in [1.54, 1.807) is 41.5 Å². The summed E-state index contributed by atoms with van der Waals surface area (Å²) in [6, 6.07) is 18.1. The van der Waals surface area contributed by atoms with Crippen molar-refractivity contribution in [2.45, 2.75) is 6.36 Å². The molecule has 1 heterocycles. The zero-order valence-corrected chi connectivity index (χ0v) is 20.5. The Hall–Kier alpha value is -3.60. The molecule has 184 valence electrons. The van der Waals surface area contributed by atoms with Crippen LogP contribution in [0.4, 0.5) is 18.9 Å². The van der Waals surface area contributed by atoms with E-state index >= 15 is 0 Å². The van der Waals surface area contributed by atoms with E-state index in [4.69, 9.17) is 35.4 Å². The number of ether oxygens (including phenoxy) is 1. The Morgan fingerprint density at radius 3 is 2.31 bits per heavy atom. The van der Waals surface area contributed by atoms with Crippen LogP contribution < -0.4 is 15.5 Å². The number of anilines is 1. The number of halogens is 5. The third-order valence-corrected chi connectivity index (χ3v) is 5.56. The minimum atomic E-state index is -4.73. The van der Waals surface area contributed by atoms with Gasteiger partial charge in [0.15, 0.2) is 5.11 Å². The van der Waals surface area contributed by atoms with Gasteiger partial charge in [-0.05, 0) is 54.2 Å².